The summed E-state index contributed by atoms with van der Waals surface area (Å²) in [5.74, 6) is 0.474. The molecule has 0 aliphatic rings. The highest BCUT2D eigenvalue weighted by atomic mass is 32.2. The van der Waals surface area contributed by atoms with Crippen LogP contribution in [0.5, 0.6) is 5.75 Å². The molecule has 0 aliphatic carbocycles. The molecule has 0 saturated carbocycles. The lowest BCUT2D eigenvalue weighted by Crippen LogP contribution is -2.24. The fourth-order valence-corrected chi connectivity index (χ4v) is 5.08. The van der Waals surface area contributed by atoms with Crippen LogP contribution in [-0.2, 0) is 9.59 Å². The lowest BCUT2D eigenvalue weighted by molar-refractivity contribution is -0.119. The van der Waals surface area contributed by atoms with Crippen LogP contribution in [0.3, 0.4) is 0 Å². The van der Waals surface area contributed by atoms with Crippen LogP contribution in [0.15, 0.2) is 89.8 Å². The van der Waals surface area contributed by atoms with Crippen molar-refractivity contribution in [1.82, 2.24) is 10.3 Å². The van der Waals surface area contributed by atoms with Gasteiger partial charge in [0.1, 0.15) is 16.4 Å². The number of aromatic nitrogens is 1. The Kier molecular flexibility index (Phi) is 7.95. The third-order valence-electron chi connectivity index (χ3n) is 4.77. The molecule has 2 amide bonds. The molecule has 6 nitrogen and oxygen atoms in total. The first kappa shape index (κ1) is 23.5. The molecular formula is C26H23N3O3S2. The Hall–Kier alpha value is -3.62. The molecule has 0 fully saturated rings. The minimum Gasteiger partial charge on any atom is -0.484 e. The number of anilines is 1. The van der Waals surface area contributed by atoms with E-state index in [1.165, 1.54) is 23.1 Å². The van der Waals surface area contributed by atoms with E-state index in [1.807, 2.05) is 72.8 Å². The highest BCUT2D eigenvalue weighted by molar-refractivity contribution is 8.01. The monoisotopic (exact) mass is 489 g/mol. The van der Waals surface area contributed by atoms with Crippen LogP contribution in [0.25, 0.3) is 22.0 Å². The van der Waals surface area contributed by atoms with Crippen molar-refractivity contribution in [2.45, 2.75) is 4.34 Å². The van der Waals surface area contributed by atoms with E-state index >= 15 is 0 Å². The quantitative estimate of drug-likeness (QED) is 0.231. The van der Waals surface area contributed by atoms with Gasteiger partial charge in [-0.1, -0.05) is 89.8 Å². The molecule has 0 aliphatic heterocycles. The van der Waals surface area contributed by atoms with Crippen LogP contribution in [-0.4, -0.2) is 35.7 Å². The van der Waals surface area contributed by atoms with E-state index in [1.54, 1.807) is 6.08 Å². The molecule has 0 radical (unpaired) electrons. The Morgan fingerprint density at radius 1 is 1.00 bits per heavy atom. The highest BCUT2D eigenvalue weighted by Gasteiger charge is 2.17. The number of nitrogens with zero attached hydrogens (tertiary/aromatic N) is 1. The summed E-state index contributed by atoms with van der Waals surface area (Å²) in [6.45, 7) is 3.89. The third kappa shape index (κ3) is 6.24. The van der Waals surface area contributed by atoms with Gasteiger partial charge in [-0.3, -0.25) is 9.59 Å². The Balaban J connectivity index is 1.44. The standard InChI is InChI=1S/C26H23N3O3S2/c1-2-14-27-23(31)17-33-26-29-24(19-9-4-3-5-10-19)25(34-26)28-22(30)16-32-21-13-12-18-8-6-7-11-20(18)15-21/h2-13,15H,1,14,16-17H2,(H,27,31)(H,28,30). The molecule has 0 spiro atoms. The number of fused-ring (bicyclic) bond motifs is 1. The van der Waals surface area contributed by atoms with Crippen LogP contribution in [0.2, 0.25) is 0 Å². The van der Waals surface area contributed by atoms with Crippen molar-refractivity contribution in [1.29, 1.82) is 0 Å². The number of hydrogen-bond acceptors (Lipinski definition) is 6. The fourth-order valence-electron chi connectivity index (χ4n) is 3.17. The van der Waals surface area contributed by atoms with Gasteiger partial charge >= 0.3 is 0 Å². The van der Waals surface area contributed by atoms with Crippen molar-refractivity contribution in [3.8, 4) is 17.0 Å². The van der Waals surface area contributed by atoms with E-state index in [0.29, 0.717) is 27.3 Å². The van der Waals surface area contributed by atoms with Gasteiger partial charge in [0.25, 0.3) is 5.91 Å². The van der Waals surface area contributed by atoms with E-state index < -0.39 is 0 Å². The lowest BCUT2D eigenvalue weighted by atomic mass is 10.1. The van der Waals surface area contributed by atoms with Gasteiger partial charge < -0.3 is 15.4 Å². The van der Waals surface area contributed by atoms with E-state index in [4.69, 9.17) is 4.74 Å². The zero-order chi connectivity index (χ0) is 23.8. The summed E-state index contributed by atoms with van der Waals surface area (Å²) in [4.78, 5) is 29.3. The molecular weight excluding hydrogens is 466 g/mol. The SMILES string of the molecule is C=CCNC(=O)CSc1nc(-c2ccccc2)c(NC(=O)COc2ccc3ccccc3c2)s1. The Morgan fingerprint density at radius 2 is 1.76 bits per heavy atom. The second kappa shape index (κ2) is 11.5. The largest absolute Gasteiger partial charge is 0.484 e. The van der Waals surface area contributed by atoms with Crippen molar-refractivity contribution in [2.75, 3.05) is 24.2 Å². The predicted octanol–water partition coefficient (Wildman–Crippen LogP) is 5.38. The van der Waals surface area contributed by atoms with Crippen molar-refractivity contribution in [3.05, 3.63) is 85.5 Å². The van der Waals surface area contributed by atoms with Crippen molar-refractivity contribution in [2.24, 2.45) is 0 Å². The summed E-state index contributed by atoms with van der Waals surface area (Å²) in [5, 5.41) is 8.45. The second-order valence-corrected chi connectivity index (χ2v) is 9.47. The molecule has 3 aromatic carbocycles. The van der Waals surface area contributed by atoms with E-state index in [9.17, 15) is 9.59 Å². The second-order valence-electron chi connectivity index (χ2n) is 7.25. The minimum atomic E-state index is -0.283. The highest BCUT2D eigenvalue weighted by Crippen LogP contribution is 2.37. The number of thioether (sulfide) groups is 1. The van der Waals surface area contributed by atoms with Crippen molar-refractivity contribution < 1.29 is 14.3 Å². The Bertz CT molecular complexity index is 1310. The summed E-state index contributed by atoms with van der Waals surface area (Å²) in [7, 11) is 0. The van der Waals surface area contributed by atoms with Gasteiger partial charge in [0.15, 0.2) is 10.9 Å². The predicted molar refractivity (Wildman–Crippen MR) is 140 cm³/mol. The van der Waals surface area contributed by atoms with Gasteiger partial charge in [0.05, 0.1) is 5.75 Å². The number of rotatable bonds is 10. The lowest BCUT2D eigenvalue weighted by Gasteiger charge is -2.08. The van der Waals surface area contributed by atoms with Gasteiger partial charge in [0.2, 0.25) is 5.91 Å². The van der Waals surface area contributed by atoms with Crippen LogP contribution in [0.1, 0.15) is 0 Å². The molecule has 1 aromatic heterocycles. The van der Waals surface area contributed by atoms with Gasteiger partial charge in [-0.15, -0.1) is 6.58 Å². The number of ether oxygens (including phenoxy) is 1. The topological polar surface area (TPSA) is 80.3 Å². The maximum absolute atomic E-state index is 12.7. The van der Waals surface area contributed by atoms with Gasteiger partial charge in [0, 0.05) is 12.1 Å². The number of amides is 2. The number of nitrogens with one attached hydrogen (secondary N) is 2. The zero-order valence-corrected chi connectivity index (χ0v) is 20.0. The van der Waals surface area contributed by atoms with Gasteiger partial charge in [-0.2, -0.15) is 0 Å². The Labute approximate surface area is 206 Å². The minimum absolute atomic E-state index is 0.101. The summed E-state index contributed by atoms with van der Waals surface area (Å²) in [6.07, 6.45) is 1.63. The van der Waals surface area contributed by atoms with Gasteiger partial charge in [-0.25, -0.2) is 4.98 Å². The maximum Gasteiger partial charge on any atom is 0.262 e. The first-order chi connectivity index (χ1) is 16.6. The maximum atomic E-state index is 12.7. The zero-order valence-electron chi connectivity index (χ0n) is 18.3. The number of carbonyl (C=O) groups is 2. The third-order valence-corrected chi connectivity index (χ3v) is 6.88. The molecule has 0 atom stereocenters. The van der Waals surface area contributed by atoms with E-state index in [0.717, 1.165) is 16.3 Å². The average Bonchev–Trinajstić information content (AvgIpc) is 3.27. The molecule has 0 unspecified atom stereocenters. The smallest absolute Gasteiger partial charge is 0.262 e. The molecule has 8 heteroatoms. The molecule has 34 heavy (non-hydrogen) atoms. The van der Waals surface area contributed by atoms with Crippen molar-refractivity contribution in [3.63, 3.8) is 0 Å². The summed E-state index contributed by atoms with van der Waals surface area (Å²) in [5.41, 5.74) is 1.55. The summed E-state index contributed by atoms with van der Waals surface area (Å²) in [6, 6.07) is 23.3. The molecule has 172 valence electrons. The van der Waals surface area contributed by atoms with Crippen LogP contribution >= 0.6 is 23.1 Å². The average molecular weight is 490 g/mol. The molecule has 0 saturated heterocycles. The first-order valence-electron chi connectivity index (χ1n) is 10.6. The summed E-state index contributed by atoms with van der Waals surface area (Å²) < 4.78 is 6.42. The fraction of sp³-hybridized carbons (Fsp3) is 0.115. The number of hydrogen-bond donors (Lipinski definition) is 2. The van der Waals surface area contributed by atoms with E-state index in [-0.39, 0.29) is 24.2 Å². The van der Waals surface area contributed by atoms with Gasteiger partial charge in [-0.05, 0) is 22.9 Å². The van der Waals surface area contributed by atoms with E-state index in [2.05, 4.69) is 22.2 Å². The Morgan fingerprint density at radius 3 is 2.56 bits per heavy atom. The molecule has 4 rings (SSSR count). The van der Waals surface area contributed by atoms with Crippen LogP contribution in [0, 0.1) is 0 Å². The molecule has 2 N–H and O–H groups in total. The number of benzene rings is 3. The molecule has 0 bridgehead atoms. The number of carbonyl (C=O) groups excluding carboxylic acids is 2. The summed E-state index contributed by atoms with van der Waals surface area (Å²) >= 11 is 2.66. The normalized spacial score (nSPS) is 10.6. The number of thiazole rings is 1. The van der Waals surface area contributed by atoms with Crippen LogP contribution < -0.4 is 15.4 Å². The first-order valence-corrected chi connectivity index (χ1v) is 12.4. The molecule has 1 heterocycles. The van der Waals surface area contributed by atoms with Crippen molar-refractivity contribution >= 4 is 50.7 Å². The van der Waals surface area contributed by atoms with Crippen LogP contribution in [0.4, 0.5) is 5.00 Å². The molecule has 4 aromatic rings.